The summed E-state index contributed by atoms with van der Waals surface area (Å²) < 4.78 is 4.44. The van der Waals surface area contributed by atoms with Crippen molar-refractivity contribution in [1.29, 1.82) is 0 Å². The van der Waals surface area contributed by atoms with Gasteiger partial charge in [0.15, 0.2) is 10.9 Å². The van der Waals surface area contributed by atoms with E-state index in [9.17, 15) is 9.59 Å². The van der Waals surface area contributed by atoms with E-state index in [1.54, 1.807) is 0 Å². The number of H-pyrrole nitrogens is 1. The van der Waals surface area contributed by atoms with E-state index in [0.29, 0.717) is 6.54 Å². The first-order valence-corrected chi connectivity index (χ1v) is 7.65. The number of anilines is 3. The Morgan fingerprint density at radius 2 is 2.20 bits per heavy atom. The number of ether oxygens (including phenoxy) is 1. The average molecular weight is 362 g/mol. The van der Waals surface area contributed by atoms with Crippen molar-refractivity contribution >= 4 is 40.9 Å². The lowest BCUT2D eigenvalue weighted by Gasteiger charge is -2.13. The normalized spacial score (nSPS) is 10.0. The van der Waals surface area contributed by atoms with Crippen molar-refractivity contribution in [3.8, 4) is 0 Å². The van der Waals surface area contributed by atoms with E-state index >= 15 is 0 Å². The molecule has 0 fully saturated rings. The predicted molar refractivity (Wildman–Crippen MR) is 99.5 cm³/mol. The minimum absolute atomic E-state index is 0.0308. The number of hydrogen-bond donors (Lipinski definition) is 5. The molecular formula is C15H18N6O3S. The van der Waals surface area contributed by atoms with Crippen LogP contribution in [0.25, 0.3) is 0 Å². The molecule has 1 heterocycles. The first-order valence-electron chi connectivity index (χ1n) is 7.24. The summed E-state index contributed by atoms with van der Waals surface area (Å²) in [5, 5.41) is 7.79. The quantitative estimate of drug-likeness (QED) is 0.514. The number of thiocarbonyl (C=S) groups is 1. The van der Waals surface area contributed by atoms with Crippen LogP contribution in [0.5, 0.6) is 0 Å². The number of rotatable bonds is 4. The summed E-state index contributed by atoms with van der Waals surface area (Å²) in [4.78, 5) is 29.7. The first kappa shape index (κ1) is 18.2. The molecule has 1 amide bonds. The van der Waals surface area contributed by atoms with Crippen LogP contribution < -0.4 is 27.2 Å². The van der Waals surface area contributed by atoms with Gasteiger partial charge in [0, 0.05) is 6.54 Å². The number of methoxy groups -OCH3 is 1. The maximum atomic E-state index is 12.1. The number of nitrogens with zero attached hydrogens (tertiary/aromatic N) is 1. The summed E-state index contributed by atoms with van der Waals surface area (Å²) in [7, 11) is 1.20. The van der Waals surface area contributed by atoms with Crippen LogP contribution in [-0.4, -0.2) is 28.3 Å². The zero-order valence-electron chi connectivity index (χ0n) is 13.7. The summed E-state index contributed by atoms with van der Waals surface area (Å²) >= 11 is 4.96. The molecule has 1 aromatic heterocycles. The van der Waals surface area contributed by atoms with E-state index in [0.717, 1.165) is 11.1 Å². The molecule has 1 aromatic carbocycles. The van der Waals surface area contributed by atoms with Crippen molar-refractivity contribution in [3.05, 3.63) is 45.7 Å². The second-order valence-electron chi connectivity index (χ2n) is 5.09. The second kappa shape index (κ2) is 8.11. The number of benzene rings is 1. The highest BCUT2D eigenvalue weighted by molar-refractivity contribution is 7.80. The summed E-state index contributed by atoms with van der Waals surface area (Å²) in [6, 6.07) is 7.85. The number of aromatic nitrogens is 2. The highest BCUT2D eigenvalue weighted by atomic mass is 32.1. The number of nitrogens with two attached hydrogens (primary N) is 1. The third-order valence-electron chi connectivity index (χ3n) is 3.12. The lowest BCUT2D eigenvalue weighted by atomic mass is 10.1. The van der Waals surface area contributed by atoms with E-state index < -0.39 is 11.7 Å². The van der Waals surface area contributed by atoms with Gasteiger partial charge in [0.05, 0.1) is 7.11 Å². The van der Waals surface area contributed by atoms with Crippen molar-refractivity contribution in [2.45, 2.75) is 13.5 Å². The van der Waals surface area contributed by atoms with Gasteiger partial charge in [-0.1, -0.05) is 29.8 Å². The van der Waals surface area contributed by atoms with Crippen molar-refractivity contribution in [2.24, 2.45) is 0 Å². The van der Waals surface area contributed by atoms with E-state index in [2.05, 4.69) is 30.7 Å². The SMILES string of the molecule is COC(=O)NC(=S)Nc1c(NCc2cccc(C)c2)nc(N)[nH]c1=O. The number of hydrogen-bond acceptors (Lipinski definition) is 7. The molecule has 9 nitrogen and oxygen atoms in total. The van der Waals surface area contributed by atoms with Crippen molar-refractivity contribution in [1.82, 2.24) is 15.3 Å². The molecule has 2 aromatic rings. The second-order valence-corrected chi connectivity index (χ2v) is 5.50. The monoisotopic (exact) mass is 362 g/mol. The molecule has 0 aliphatic heterocycles. The Morgan fingerprint density at radius 3 is 2.88 bits per heavy atom. The van der Waals surface area contributed by atoms with Crippen LogP contribution in [0.4, 0.5) is 22.2 Å². The van der Waals surface area contributed by atoms with Crippen molar-refractivity contribution < 1.29 is 9.53 Å². The van der Waals surface area contributed by atoms with Crippen molar-refractivity contribution in [2.75, 3.05) is 23.5 Å². The van der Waals surface area contributed by atoms with Gasteiger partial charge in [0.25, 0.3) is 5.56 Å². The molecule has 0 atom stereocenters. The topological polar surface area (TPSA) is 134 Å². The van der Waals surface area contributed by atoms with Crippen LogP contribution in [0.15, 0.2) is 29.1 Å². The highest BCUT2D eigenvalue weighted by Crippen LogP contribution is 2.16. The number of nitrogen functional groups attached to an aromatic ring is 1. The zero-order valence-corrected chi connectivity index (χ0v) is 14.5. The van der Waals surface area contributed by atoms with Gasteiger partial charge in [0.2, 0.25) is 5.95 Å². The molecule has 0 saturated heterocycles. The fourth-order valence-electron chi connectivity index (χ4n) is 2.03. The summed E-state index contributed by atoms with van der Waals surface area (Å²) in [5.41, 5.74) is 7.21. The number of carbonyl (C=O) groups excluding carboxylic acids is 1. The number of nitrogens with one attached hydrogen (secondary N) is 4. The van der Waals surface area contributed by atoms with Gasteiger partial charge in [-0.25, -0.2) is 4.79 Å². The average Bonchev–Trinajstić information content (AvgIpc) is 2.55. The molecule has 0 bridgehead atoms. The van der Waals surface area contributed by atoms with Gasteiger partial charge < -0.3 is 21.1 Å². The van der Waals surface area contributed by atoms with Crippen LogP contribution >= 0.6 is 12.2 Å². The van der Waals surface area contributed by atoms with Gasteiger partial charge in [-0.3, -0.25) is 15.1 Å². The molecule has 0 radical (unpaired) electrons. The standard InChI is InChI=1S/C15H18N6O3S/c1-8-4-3-5-9(6-8)7-17-11-10(12(22)20-13(16)19-11)18-14(25)21-15(23)24-2/h3-6H,7H2,1-2H3,(H2,18,21,23,25)(H4,16,17,19,20,22). The molecule has 0 aliphatic rings. The Labute approximate surface area is 149 Å². The molecule has 0 unspecified atom stereocenters. The third kappa shape index (κ3) is 5.18. The van der Waals surface area contributed by atoms with E-state index in [1.165, 1.54) is 7.11 Å². The van der Waals surface area contributed by atoms with E-state index in [1.807, 2.05) is 31.2 Å². The molecule has 10 heteroatoms. The van der Waals surface area contributed by atoms with Gasteiger partial charge in [-0.05, 0) is 24.7 Å². The Hall–Kier alpha value is -3.14. The van der Waals surface area contributed by atoms with Gasteiger partial charge in [-0.2, -0.15) is 4.98 Å². The minimum atomic E-state index is -0.758. The first-order chi connectivity index (χ1) is 11.9. The van der Waals surface area contributed by atoms with Gasteiger partial charge >= 0.3 is 6.09 Å². The van der Waals surface area contributed by atoms with Crippen molar-refractivity contribution in [3.63, 3.8) is 0 Å². The van der Waals surface area contributed by atoms with Crippen LogP contribution in [0.3, 0.4) is 0 Å². The van der Waals surface area contributed by atoms with Crippen LogP contribution in [-0.2, 0) is 11.3 Å². The molecule has 0 saturated carbocycles. The molecule has 0 aliphatic carbocycles. The molecule has 2 rings (SSSR count). The number of aryl methyl sites for hydroxylation is 1. The van der Waals surface area contributed by atoms with Crippen LogP contribution in [0.1, 0.15) is 11.1 Å². The Bertz CT molecular complexity index is 851. The van der Waals surface area contributed by atoms with Gasteiger partial charge in [-0.15, -0.1) is 0 Å². The maximum Gasteiger partial charge on any atom is 0.413 e. The Kier molecular flexibility index (Phi) is 5.90. The summed E-state index contributed by atoms with van der Waals surface area (Å²) in [5.74, 6) is 0.158. The summed E-state index contributed by atoms with van der Waals surface area (Å²) in [6.07, 6.45) is -0.758. The van der Waals surface area contributed by atoms with E-state index in [-0.39, 0.29) is 22.6 Å². The largest absolute Gasteiger partial charge is 0.453 e. The number of amides is 1. The lowest BCUT2D eigenvalue weighted by Crippen LogP contribution is -2.36. The van der Waals surface area contributed by atoms with Crippen LogP contribution in [0, 0.1) is 6.92 Å². The Balaban J connectivity index is 2.20. The van der Waals surface area contributed by atoms with Crippen LogP contribution in [0.2, 0.25) is 0 Å². The fraction of sp³-hybridized carbons (Fsp3) is 0.200. The zero-order chi connectivity index (χ0) is 18.4. The lowest BCUT2D eigenvalue weighted by molar-refractivity contribution is 0.177. The molecule has 0 spiro atoms. The smallest absolute Gasteiger partial charge is 0.413 e. The number of alkyl carbamates (subject to hydrolysis) is 1. The molecule has 6 N–H and O–H groups in total. The predicted octanol–water partition coefficient (Wildman–Crippen LogP) is 1.33. The van der Waals surface area contributed by atoms with Gasteiger partial charge in [0.1, 0.15) is 5.69 Å². The molecular weight excluding hydrogens is 344 g/mol. The highest BCUT2D eigenvalue weighted by Gasteiger charge is 2.13. The van der Waals surface area contributed by atoms with E-state index in [4.69, 9.17) is 18.0 Å². The third-order valence-corrected chi connectivity index (χ3v) is 3.32. The Morgan fingerprint density at radius 1 is 1.44 bits per heavy atom. The molecule has 132 valence electrons. The fourth-order valence-corrected chi connectivity index (χ4v) is 2.22. The molecule has 25 heavy (non-hydrogen) atoms. The number of aromatic amines is 1. The summed E-state index contributed by atoms with van der Waals surface area (Å²) in [6.45, 7) is 2.40. The maximum absolute atomic E-state index is 12.1. The number of carbonyl (C=O) groups is 1. The minimum Gasteiger partial charge on any atom is -0.453 e.